The van der Waals surface area contributed by atoms with Crippen molar-refractivity contribution in [3.05, 3.63) is 36.5 Å². The van der Waals surface area contributed by atoms with Gasteiger partial charge in [0.1, 0.15) is 0 Å². The second kappa shape index (κ2) is 8.70. The lowest BCUT2D eigenvalue weighted by Crippen LogP contribution is -2.52. The van der Waals surface area contributed by atoms with E-state index in [2.05, 4.69) is 82.5 Å². The number of nitrogens with one attached hydrogen (secondary N) is 2. The van der Waals surface area contributed by atoms with Crippen LogP contribution in [-0.2, 0) is 0 Å². The van der Waals surface area contributed by atoms with Crippen molar-refractivity contribution >= 4 is 28.9 Å². The SMILES string of the molecule is CN1CCN(c2ccc(Nc3nccc(N=C4CCC4NC(C)(C)C)n3)cc2)CC1. The van der Waals surface area contributed by atoms with Crippen LogP contribution in [0.5, 0.6) is 0 Å². The Morgan fingerprint density at radius 1 is 1.03 bits per heavy atom. The van der Waals surface area contributed by atoms with Crippen LogP contribution in [0.1, 0.15) is 33.6 Å². The van der Waals surface area contributed by atoms with Crippen LogP contribution in [0.4, 0.5) is 23.1 Å². The van der Waals surface area contributed by atoms with Gasteiger partial charge in [-0.2, -0.15) is 4.98 Å². The lowest BCUT2D eigenvalue weighted by molar-refractivity contribution is 0.313. The minimum absolute atomic E-state index is 0.0839. The number of nitrogens with zero attached hydrogens (tertiary/aromatic N) is 5. The zero-order valence-electron chi connectivity index (χ0n) is 18.5. The first-order valence-electron chi connectivity index (χ1n) is 10.8. The fourth-order valence-electron chi connectivity index (χ4n) is 3.80. The summed E-state index contributed by atoms with van der Waals surface area (Å²) in [5.41, 5.74) is 3.50. The molecule has 1 atom stereocenters. The molecule has 1 aromatic carbocycles. The zero-order chi connectivity index (χ0) is 21.1. The number of hydrogen-bond donors (Lipinski definition) is 2. The van der Waals surface area contributed by atoms with Gasteiger partial charge in [-0.3, -0.25) is 0 Å². The summed E-state index contributed by atoms with van der Waals surface area (Å²) < 4.78 is 0. The molecular weight excluding hydrogens is 374 g/mol. The van der Waals surface area contributed by atoms with Crippen molar-refractivity contribution in [2.24, 2.45) is 4.99 Å². The monoisotopic (exact) mass is 407 g/mol. The molecule has 0 bridgehead atoms. The number of hydrogen-bond acceptors (Lipinski definition) is 7. The Kier molecular flexibility index (Phi) is 6.01. The van der Waals surface area contributed by atoms with Crippen molar-refractivity contribution in [1.29, 1.82) is 0 Å². The van der Waals surface area contributed by atoms with Crippen molar-refractivity contribution in [1.82, 2.24) is 20.2 Å². The van der Waals surface area contributed by atoms with Gasteiger partial charge in [0.25, 0.3) is 0 Å². The average Bonchev–Trinajstić information content (AvgIpc) is 2.71. The van der Waals surface area contributed by atoms with Gasteiger partial charge in [0.15, 0.2) is 5.82 Å². The van der Waals surface area contributed by atoms with Crippen LogP contribution >= 0.6 is 0 Å². The average molecular weight is 408 g/mol. The normalized spacial score (nSPS) is 21.5. The Balaban J connectivity index is 1.39. The molecule has 1 aliphatic carbocycles. The summed E-state index contributed by atoms with van der Waals surface area (Å²) >= 11 is 0. The van der Waals surface area contributed by atoms with Crippen molar-refractivity contribution in [2.75, 3.05) is 43.4 Å². The fraction of sp³-hybridized carbons (Fsp3) is 0.522. The predicted octanol–water partition coefficient (Wildman–Crippen LogP) is 3.60. The molecule has 1 saturated heterocycles. The summed E-state index contributed by atoms with van der Waals surface area (Å²) in [6.07, 6.45) is 3.92. The minimum Gasteiger partial charge on any atom is -0.369 e. The van der Waals surface area contributed by atoms with Crippen LogP contribution < -0.4 is 15.5 Å². The van der Waals surface area contributed by atoms with E-state index in [-0.39, 0.29) is 5.54 Å². The minimum atomic E-state index is 0.0839. The molecule has 1 aliphatic heterocycles. The molecule has 7 heteroatoms. The quantitative estimate of drug-likeness (QED) is 0.789. The second-order valence-electron chi connectivity index (χ2n) is 9.29. The Morgan fingerprint density at radius 2 is 1.77 bits per heavy atom. The molecule has 2 aromatic rings. The van der Waals surface area contributed by atoms with E-state index < -0.39 is 0 Å². The summed E-state index contributed by atoms with van der Waals surface area (Å²) in [6, 6.07) is 10.7. The van der Waals surface area contributed by atoms with Gasteiger partial charge >= 0.3 is 0 Å². The Hall–Kier alpha value is -2.51. The van der Waals surface area contributed by atoms with Crippen LogP contribution in [0.2, 0.25) is 0 Å². The molecule has 2 fully saturated rings. The highest BCUT2D eigenvalue weighted by Crippen LogP contribution is 2.24. The highest BCUT2D eigenvalue weighted by atomic mass is 15.2. The Bertz CT molecular complexity index is 877. The molecule has 0 spiro atoms. The third kappa shape index (κ3) is 5.34. The lowest BCUT2D eigenvalue weighted by Gasteiger charge is -2.35. The molecule has 1 saturated carbocycles. The van der Waals surface area contributed by atoms with Crippen LogP contribution in [0.15, 0.2) is 41.5 Å². The molecule has 7 nitrogen and oxygen atoms in total. The van der Waals surface area contributed by atoms with Crippen LogP contribution in [-0.4, -0.2) is 65.4 Å². The summed E-state index contributed by atoms with van der Waals surface area (Å²) in [5.74, 6) is 1.28. The van der Waals surface area contributed by atoms with E-state index in [1.165, 1.54) is 11.4 Å². The summed E-state index contributed by atoms with van der Waals surface area (Å²) in [6.45, 7) is 10.9. The van der Waals surface area contributed by atoms with Crippen molar-refractivity contribution in [3.63, 3.8) is 0 Å². The first-order chi connectivity index (χ1) is 14.4. The number of anilines is 3. The molecule has 30 heavy (non-hydrogen) atoms. The fourth-order valence-corrected chi connectivity index (χ4v) is 3.80. The molecule has 2 heterocycles. The largest absolute Gasteiger partial charge is 0.369 e. The number of aliphatic imine (C=N–C) groups is 1. The first kappa shape index (κ1) is 20.8. The number of aromatic nitrogens is 2. The van der Waals surface area contributed by atoms with Gasteiger partial charge in [-0.1, -0.05) is 0 Å². The van der Waals surface area contributed by atoms with Crippen LogP contribution in [0.25, 0.3) is 0 Å². The third-order valence-corrected chi connectivity index (χ3v) is 5.59. The van der Waals surface area contributed by atoms with E-state index in [4.69, 9.17) is 4.99 Å². The van der Waals surface area contributed by atoms with E-state index in [9.17, 15) is 0 Å². The number of benzene rings is 1. The zero-order valence-corrected chi connectivity index (χ0v) is 18.5. The van der Waals surface area contributed by atoms with Gasteiger partial charge in [-0.15, -0.1) is 0 Å². The van der Waals surface area contributed by atoms with E-state index in [0.717, 1.165) is 44.7 Å². The maximum Gasteiger partial charge on any atom is 0.229 e. The predicted molar refractivity (Wildman–Crippen MR) is 124 cm³/mol. The molecule has 2 N–H and O–H groups in total. The maximum atomic E-state index is 4.77. The molecule has 4 rings (SSSR count). The highest BCUT2D eigenvalue weighted by molar-refractivity contribution is 5.96. The lowest BCUT2D eigenvalue weighted by atomic mass is 9.88. The Labute approximate surface area is 179 Å². The summed E-state index contributed by atoms with van der Waals surface area (Å²) in [5, 5.41) is 6.92. The van der Waals surface area contributed by atoms with Gasteiger partial charge in [0.05, 0.1) is 0 Å². The second-order valence-corrected chi connectivity index (χ2v) is 9.29. The smallest absolute Gasteiger partial charge is 0.229 e. The topological polar surface area (TPSA) is 68.7 Å². The molecule has 160 valence electrons. The summed E-state index contributed by atoms with van der Waals surface area (Å²) in [4.78, 5) is 18.5. The number of likely N-dealkylation sites (N-methyl/N-ethyl adjacent to an activating group) is 1. The van der Waals surface area contributed by atoms with Crippen LogP contribution in [0, 0.1) is 0 Å². The Morgan fingerprint density at radius 3 is 2.40 bits per heavy atom. The molecule has 1 aromatic heterocycles. The van der Waals surface area contributed by atoms with Crippen molar-refractivity contribution < 1.29 is 0 Å². The number of rotatable bonds is 5. The van der Waals surface area contributed by atoms with E-state index in [1.54, 1.807) is 6.20 Å². The third-order valence-electron chi connectivity index (χ3n) is 5.59. The van der Waals surface area contributed by atoms with Gasteiger partial charge < -0.3 is 20.4 Å². The van der Waals surface area contributed by atoms with Crippen molar-refractivity contribution in [2.45, 2.75) is 45.2 Å². The molecule has 2 aliphatic rings. The molecular formula is C23H33N7. The van der Waals surface area contributed by atoms with E-state index >= 15 is 0 Å². The van der Waals surface area contributed by atoms with E-state index in [0.29, 0.717) is 17.8 Å². The molecule has 0 amide bonds. The van der Waals surface area contributed by atoms with Crippen LogP contribution in [0.3, 0.4) is 0 Å². The van der Waals surface area contributed by atoms with Gasteiger partial charge in [-0.05, 0) is 64.9 Å². The van der Waals surface area contributed by atoms with Crippen molar-refractivity contribution in [3.8, 4) is 0 Å². The molecule has 0 radical (unpaired) electrons. The first-order valence-corrected chi connectivity index (χ1v) is 10.8. The van der Waals surface area contributed by atoms with Gasteiger partial charge in [0, 0.05) is 67.1 Å². The highest BCUT2D eigenvalue weighted by Gasteiger charge is 2.29. The van der Waals surface area contributed by atoms with Gasteiger partial charge in [0.2, 0.25) is 5.95 Å². The maximum absolute atomic E-state index is 4.77. The molecule has 1 unspecified atom stereocenters. The standard InChI is InChI=1S/C23H33N7/c1-23(2,3)28-20-10-9-19(20)26-21-11-12-24-22(27-21)25-17-5-7-18(8-6-17)30-15-13-29(4)14-16-30/h5-8,11-12,20,28H,9-10,13-16H2,1-4H3,(H,24,25,27). The summed E-state index contributed by atoms with van der Waals surface area (Å²) in [7, 11) is 2.18. The van der Waals surface area contributed by atoms with E-state index in [1.807, 2.05) is 6.07 Å². The van der Waals surface area contributed by atoms with Gasteiger partial charge in [-0.25, -0.2) is 9.98 Å². The number of piperazine rings is 1.